The zero-order chi connectivity index (χ0) is 16.7. The zero-order valence-corrected chi connectivity index (χ0v) is 13.8. The summed E-state index contributed by atoms with van der Waals surface area (Å²) >= 11 is 0. The van der Waals surface area contributed by atoms with E-state index in [0.717, 1.165) is 30.8 Å². The second kappa shape index (κ2) is 8.86. The van der Waals surface area contributed by atoms with E-state index >= 15 is 0 Å². The van der Waals surface area contributed by atoms with Gasteiger partial charge in [0.15, 0.2) is 0 Å². The van der Waals surface area contributed by atoms with E-state index in [1.54, 1.807) is 0 Å². The van der Waals surface area contributed by atoms with Crippen molar-refractivity contribution in [1.82, 2.24) is 10.2 Å². The lowest BCUT2D eigenvalue weighted by molar-refractivity contribution is -0.125. The summed E-state index contributed by atoms with van der Waals surface area (Å²) in [5.41, 5.74) is 1.16. The number of nitrogens with zero attached hydrogens (tertiary/aromatic N) is 1. The highest BCUT2D eigenvalue weighted by molar-refractivity contribution is 5.77. The molecule has 1 heterocycles. The summed E-state index contributed by atoms with van der Waals surface area (Å²) < 4.78 is 10.3. The molecule has 2 N–H and O–H groups in total. The molecule has 1 aliphatic heterocycles. The molecule has 2 rings (SSSR count). The second-order valence-corrected chi connectivity index (χ2v) is 5.78. The van der Waals surface area contributed by atoms with Crippen molar-refractivity contribution >= 4 is 5.91 Å². The number of carbonyl (C=O) groups excluding carboxylic acids is 1. The minimum atomic E-state index is -0.114. The summed E-state index contributed by atoms with van der Waals surface area (Å²) in [6.45, 7) is 4.25. The third kappa shape index (κ3) is 5.20. The molecule has 1 aromatic carbocycles. The third-order valence-corrected chi connectivity index (χ3v) is 4.00. The van der Waals surface area contributed by atoms with E-state index in [-0.39, 0.29) is 31.2 Å². The molecule has 1 fully saturated rings. The Morgan fingerprint density at radius 2 is 2.13 bits per heavy atom. The van der Waals surface area contributed by atoms with Crippen LogP contribution in [0.5, 0.6) is 5.75 Å². The number of hydrogen-bond donors (Lipinski definition) is 2. The van der Waals surface area contributed by atoms with Gasteiger partial charge < -0.3 is 19.9 Å². The number of carbonyl (C=O) groups is 1. The predicted octanol–water partition coefficient (Wildman–Crippen LogP) is 0.783. The first kappa shape index (κ1) is 17.7. The molecule has 2 atom stereocenters. The van der Waals surface area contributed by atoms with Gasteiger partial charge in [0.05, 0.1) is 13.2 Å². The van der Waals surface area contributed by atoms with Crippen LogP contribution in [0.4, 0.5) is 0 Å². The highest BCUT2D eigenvalue weighted by Crippen LogP contribution is 2.21. The van der Waals surface area contributed by atoms with Gasteiger partial charge in [-0.25, -0.2) is 0 Å². The summed E-state index contributed by atoms with van der Waals surface area (Å²) in [4.78, 5) is 13.8. The van der Waals surface area contributed by atoms with Crippen molar-refractivity contribution in [3.8, 4) is 5.75 Å². The summed E-state index contributed by atoms with van der Waals surface area (Å²) in [5, 5.41) is 12.5. The third-order valence-electron chi connectivity index (χ3n) is 4.00. The van der Waals surface area contributed by atoms with Gasteiger partial charge in [-0.15, -0.1) is 0 Å². The summed E-state index contributed by atoms with van der Waals surface area (Å²) in [6, 6.07) is 8.11. The molecule has 0 radical (unpaired) electrons. The lowest BCUT2D eigenvalue weighted by atomic mass is 10.1. The lowest BCUT2D eigenvalue weighted by Gasteiger charge is -2.22. The maximum absolute atomic E-state index is 11.6. The lowest BCUT2D eigenvalue weighted by Crippen LogP contribution is -2.38. The number of hydrogen-bond acceptors (Lipinski definition) is 5. The van der Waals surface area contributed by atoms with Crippen LogP contribution < -0.4 is 10.1 Å². The number of methoxy groups -OCH3 is 1. The summed E-state index contributed by atoms with van der Waals surface area (Å²) in [5.74, 6) is 0.748. The zero-order valence-electron chi connectivity index (χ0n) is 13.8. The van der Waals surface area contributed by atoms with Gasteiger partial charge in [-0.3, -0.25) is 9.69 Å². The fraction of sp³-hybridized carbons (Fsp3) is 0.588. The Bertz CT molecular complexity index is 492. The maximum atomic E-state index is 11.6. The van der Waals surface area contributed by atoms with Crippen molar-refractivity contribution in [2.75, 3.05) is 33.5 Å². The molecule has 0 saturated carbocycles. The molecule has 0 aromatic heterocycles. The molecule has 1 aliphatic rings. The molecular formula is C17H26N2O4. The van der Waals surface area contributed by atoms with Gasteiger partial charge in [0.25, 0.3) is 0 Å². The van der Waals surface area contributed by atoms with E-state index in [1.807, 2.05) is 31.2 Å². The predicted molar refractivity (Wildman–Crippen MR) is 87.3 cm³/mol. The number of aliphatic hydroxyl groups excluding tert-OH is 1. The van der Waals surface area contributed by atoms with Crippen molar-refractivity contribution < 1.29 is 19.4 Å². The first-order chi connectivity index (χ1) is 11.2. The van der Waals surface area contributed by atoms with E-state index in [2.05, 4.69) is 10.2 Å². The largest absolute Gasteiger partial charge is 0.494 e. The monoisotopic (exact) mass is 322 g/mol. The van der Waals surface area contributed by atoms with Crippen molar-refractivity contribution in [1.29, 1.82) is 0 Å². The molecule has 1 aromatic rings. The van der Waals surface area contributed by atoms with Crippen LogP contribution in [0.3, 0.4) is 0 Å². The van der Waals surface area contributed by atoms with Gasteiger partial charge in [0.1, 0.15) is 12.4 Å². The molecule has 1 saturated heterocycles. The Labute approximate surface area is 137 Å². The van der Waals surface area contributed by atoms with Crippen LogP contribution in [0, 0.1) is 0 Å². The van der Waals surface area contributed by atoms with E-state index in [4.69, 9.17) is 9.47 Å². The number of likely N-dealkylation sites (tertiary alicyclic amines) is 1. The summed E-state index contributed by atoms with van der Waals surface area (Å²) in [7, 11) is 1.50. The quantitative estimate of drug-likeness (QED) is 0.740. The van der Waals surface area contributed by atoms with Gasteiger partial charge in [0, 0.05) is 32.3 Å². The van der Waals surface area contributed by atoms with Crippen LogP contribution in [-0.2, 0) is 16.1 Å². The average molecular weight is 322 g/mol. The molecule has 0 aliphatic carbocycles. The average Bonchev–Trinajstić information content (AvgIpc) is 2.91. The molecule has 0 bridgehead atoms. The van der Waals surface area contributed by atoms with E-state index in [1.165, 1.54) is 7.11 Å². The van der Waals surface area contributed by atoms with Gasteiger partial charge in [-0.1, -0.05) is 12.1 Å². The fourth-order valence-corrected chi connectivity index (χ4v) is 2.97. The first-order valence-electron chi connectivity index (χ1n) is 8.01. The fourth-order valence-electron chi connectivity index (χ4n) is 2.97. The smallest absolute Gasteiger partial charge is 0.246 e. The Hall–Kier alpha value is -1.63. The van der Waals surface area contributed by atoms with Crippen LogP contribution in [0.15, 0.2) is 24.3 Å². The number of aliphatic hydroxyl groups is 1. The van der Waals surface area contributed by atoms with Crippen molar-refractivity contribution in [2.24, 2.45) is 0 Å². The minimum Gasteiger partial charge on any atom is -0.494 e. The Balaban J connectivity index is 1.91. The Morgan fingerprint density at radius 1 is 1.39 bits per heavy atom. The molecular weight excluding hydrogens is 296 g/mol. The number of rotatable bonds is 8. The van der Waals surface area contributed by atoms with Crippen molar-refractivity contribution in [3.63, 3.8) is 0 Å². The van der Waals surface area contributed by atoms with Gasteiger partial charge in [0.2, 0.25) is 5.91 Å². The van der Waals surface area contributed by atoms with Crippen LogP contribution in [0.2, 0.25) is 0 Å². The standard InChI is InChI=1S/C17H26N2O4/c1-3-23-16-6-4-13(5-7-16)9-19-10-14(8-15(19)11-20)18-17(21)12-22-2/h4-7,14-15,20H,3,8-12H2,1-2H3,(H,18,21)/t14-,15-/m0/s1. The normalized spacial score (nSPS) is 21.3. The van der Waals surface area contributed by atoms with Gasteiger partial charge >= 0.3 is 0 Å². The highest BCUT2D eigenvalue weighted by Gasteiger charge is 2.32. The molecule has 6 heteroatoms. The highest BCUT2D eigenvalue weighted by atomic mass is 16.5. The van der Waals surface area contributed by atoms with Crippen molar-refractivity contribution in [3.05, 3.63) is 29.8 Å². The topological polar surface area (TPSA) is 71.0 Å². The van der Waals surface area contributed by atoms with Crippen LogP contribution in [-0.4, -0.2) is 61.5 Å². The van der Waals surface area contributed by atoms with Crippen molar-refractivity contribution in [2.45, 2.75) is 32.0 Å². The van der Waals surface area contributed by atoms with Crippen LogP contribution >= 0.6 is 0 Å². The minimum absolute atomic E-state index is 0.0532. The molecule has 0 spiro atoms. The maximum Gasteiger partial charge on any atom is 0.246 e. The van der Waals surface area contributed by atoms with Crippen LogP contribution in [0.25, 0.3) is 0 Å². The molecule has 0 unspecified atom stereocenters. The number of ether oxygens (including phenoxy) is 2. The number of nitrogens with one attached hydrogen (secondary N) is 1. The molecule has 128 valence electrons. The number of amides is 1. The SMILES string of the molecule is CCOc1ccc(CN2C[C@@H](NC(=O)COC)C[C@H]2CO)cc1. The Kier molecular flexibility index (Phi) is 6.83. The second-order valence-electron chi connectivity index (χ2n) is 5.78. The molecule has 1 amide bonds. The molecule has 23 heavy (non-hydrogen) atoms. The van der Waals surface area contributed by atoms with Crippen LogP contribution in [0.1, 0.15) is 18.9 Å². The van der Waals surface area contributed by atoms with E-state index in [9.17, 15) is 9.90 Å². The van der Waals surface area contributed by atoms with E-state index in [0.29, 0.717) is 6.61 Å². The first-order valence-corrected chi connectivity index (χ1v) is 8.01. The van der Waals surface area contributed by atoms with Gasteiger partial charge in [-0.05, 0) is 31.0 Å². The molecule has 6 nitrogen and oxygen atoms in total. The number of benzene rings is 1. The summed E-state index contributed by atoms with van der Waals surface area (Å²) in [6.07, 6.45) is 0.753. The van der Waals surface area contributed by atoms with E-state index < -0.39 is 0 Å². The van der Waals surface area contributed by atoms with Gasteiger partial charge in [-0.2, -0.15) is 0 Å². The Morgan fingerprint density at radius 3 is 2.74 bits per heavy atom.